The molecule has 0 saturated heterocycles. The number of carbonyl (C=O) groups excluding carboxylic acids is 1. The molecule has 0 saturated carbocycles. The molecule has 0 aliphatic heterocycles. The number of nitrogens with zero attached hydrogens (tertiary/aromatic N) is 4. The third kappa shape index (κ3) is 3.83. The largest absolute Gasteiger partial charge is 0.496 e. The van der Waals surface area contributed by atoms with Gasteiger partial charge in [0.2, 0.25) is 5.91 Å². The molecule has 1 N–H and O–H groups in total. The van der Waals surface area contributed by atoms with E-state index >= 15 is 0 Å². The third-order valence-electron chi connectivity index (χ3n) is 3.31. The number of rotatable bonds is 6. The zero-order valence-electron chi connectivity index (χ0n) is 13.4. The zero-order chi connectivity index (χ0) is 18.7. The molecule has 0 spiro atoms. The van der Waals surface area contributed by atoms with Crippen molar-refractivity contribution in [2.45, 2.75) is 6.54 Å². The maximum atomic E-state index is 13.5. The maximum absolute atomic E-state index is 13.5. The zero-order valence-corrected chi connectivity index (χ0v) is 14.2. The van der Waals surface area contributed by atoms with E-state index in [9.17, 15) is 19.3 Å². The first-order chi connectivity index (χ1) is 12.5. The van der Waals surface area contributed by atoms with Crippen molar-refractivity contribution in [3.05, 3.63) is 51.8 Å². The molecule has 9 nitrogen and oxygen atoms in total. The third-order valence-corrected chi connectivity index (χ3v) is 4.06. The Hall–Kier alpha value is -3.34. The second kappa shape index (κ2) is 7.27. The Kier molecular flexibility index (Phi) is 4.89. The van der Waals surface area contributed by atoms with Gasteiger partial charge in [0.15, 0.2) is 5.13 Å². The van der Waals surface area contributed by atoms with Crippen LogP contribution in [0.15, 0.2) is 35.8 Å². The van der Waals surface area contributed by atoms with E-state index in [2.05, 4.69) is 15.4 Å². The number of halogens is 1. The van der Waals surface area contributed by atoms with Gasteiger partial charge in [-0.05, 0) is 23.1 Å². The van der Waals surface area contributed by atoms with E-state index in [1.807, 2.05) is 0 Å². The van der Waals surface area contributed by atoms with Gasteiger partial charge in [-0.1, -0.05) is 0 Å². The molecule has 134 valence electrons. The Labute approximate surface area is 150 Å². The highest BCUT2D eigenvalue weighted by atomic mass is 32.1. The van der Waals surface area contributed by atoms with E-state index in [0.717, 1.165) is 16.0 Å². The number of amides is 1. The summed E-state index contributed by atoms with van der Waals surface area (Å²) in [4.78, 5) is 26.2. The molecule has 1 amide bonds. The van der Waals surface area contributed by atoms with Gasteiger partial charge in [0.05, 0.1) is 30.2 Å². The van der Waals surface area contributed by atoms with Crippen molar-refractivity contribution in [1.29, 1.82) is 0 Å². The summed E-state index contributed by atoms with van der Waals surface area (Å²) in [7, 11) is 1.47. The quantitative estimate of drug-likeness (QED) is 0.522. The van der Waals surface area contributed by atoms with Crippen LogP contribution < -0.4 is 10.1 Å². The number of carbonyl (C=O) groups is 1. The highest BCUT2D eigenvalue weighted by molar-refractivity contribution is 7.14. The van der Waals surface area contributed by atoms with Crippen LogP contribution in [0.2, 0.25) is 0 Å². The van der Waals surface area contributed by atoms with Crippen molar-refractivity contribution in [3.63, 3.8) is 0 Å². The van der Waals surface area contributed by atoms with Crippen LogP contribution in [-0.4, -0.2) is 32.7 Å². The van der Waals surface area contributed by atoms with Crippen molar-refractivity contribution < 1.29 is 18.8 Å². The number of hydrogen-bond acceptors (Lipinski definition) is 7. The summed E-state index contributed by atoms with van der Waals surface area (Å²) in [6.45, 7) is -0.202. The molecule has 3 aromatic rings. The fourth-order valence-electron chi connectivity index (χ4n) is 2.18. The summed E-state index contributed by atoms with van der Waals surface area (Å²) in [6, 6.07) is 5.26. The van der Waals surface area contributed by atoms with Crippen molar-refractivity contribution in [2.75, 3.05) is 12.4 Å². The number of methoxy groups -OCH3 is 1. The van der Waals surface area contributed by atoms with Crippen molar-refractivity contribution in [2.24, 2.45) is 0 Å². The Morgan fingerprint density at radius 3 is 2.96 bits per heavy atom. The molecule has 1 aromatic carbocycles. The van der Waals surface area contributed by atoms with Gasteiger partial charge in [-0.25, -0.2) is 9.37 Å². The number of aromatic nitrogens is 3. The van der Waals surface area contributed by atoms with Crippen LogP contribution in [0.25, 0.3) is 11.3 Å². The van der Waals surface area contributed by atoms with Crippen LogP contribution in [0.1, 0.15) is 0 Å². The van der Waals surface area contributed by atoms with E-state index in [1.165, 1.54) is 37.6 Å². The van der Waals surface area contributed by atoms with Gasteiger partial charge in [-0.2, -0.15) is 4.68 Å². The fourth-order valence-corrected chi connectivity index (χ4v) is 2.90. The number of nitrogens with one attached hydrogen (secondary N) is 1. The minimum absolute atomic E-state index is 0.202. The molecule has 0 radical (unpaired) electrons. The van der Waals surface area contributed by atoms with E-state index in [1.54, 1.807) is 5.38 Å². The normalized spacial score (nSPS) is 10.5. The summed E-state index contributed by atoms with van der Waals surface area (Å²) in [5.41, 5.74) is 0.920. The lowest BCUT2D eigenvalue weighted by Gasteiger charge is -2.05. The summed E-state index contributed by atoms with van der Waals surface area (Å²) in [6.07, 6.45) is 1.34. The molecule has 0 fully saturated rings. The van der Waals surface area contributed by atoms with Gasteiger partial charge in [0.25, 0.3) is 0 Å². The number of thiazole rings is 1. The van der Waals surface area contributed by atoms with Crippen LogP contribution >= 0.6 is 11.3 Å². The monoisotopic (exact) mass is 377 g/mol. The van der Waals surface area contributed by atoms with Crippen molar-refractivity contribution in [1.82, 2.24) is 14.8 Å². The van der Waals surface area contributed by atoms with E-state index in [0.29, 0.717) is 22.1 Å². The second-order valence-electron chi connectivity index (χ2n) is 5.06. The summed E-state index contributed by atoms with van der Waals surface area (Å²) in [5, 5.41) is 18.8. The van der Waals surface area contributed by atoms with Gasteiger partial charge in [-0.3, -0.25) is 4.79 Å². The molecule has 0 bridgehead atoms. The first kappa shape index (κ1) is 17.5. The maximum Gasteiger partial charge on any atom is 0.389 e. The number of hydrogen-bond donors (Lipinski definition) is 1. The average Bonchev–Trinajstić information content (AvgIpc) is 3.24. The average molecular weight is 377 g/mol. The molecule has 11 heteroatoms. The SMILES string of the molecule is COc1ccc(F)cc1-c1csc(NC(=O)Cn2ccc([N+](=O)[O-])n2)n1. The second-order valence-corrected chi connectivity index (χ2v) is 5.92. The first-order valence-electron chi connectivity index (χ1n) is 7.23. The van der Waals surface area contributed by atoms with Crippen LogP contribution in [0.3, 0.4) is 0 Å². The van der Waals surface area contributed by atoms with Gasteiger partial charge < -0.3 is 20.2 Å². The lowest BCUT2D eigenvalue weighted by Crippen LogP contribution is -2.19. The predicted octanol–water partition coefficient (Wildman–Crippen LogP) is 2.70. The number of benzene rings is 1. The molecule has 3 rings (SSSR count). The number of ether oxygens (including phenoxy) is 1. The van der Waals surface area contributed by atoms with Crippen LogP contribution in [0, 0.1) is 15.9 Å². The summed E-state index contributed by atoms with van der Waals surface area (Å²) in [5.74, 6) is -0.763. The summed E-state index contributed by atoms with van der Waals surface area (Å²) >= 11 is 1.16. The lowest BCUT2D eigenvalue weighted by atomic mass is 10.1. The Balaban J connectivity index is 1.71. The highest BCUT2D eigenvalue weighted by Gasteiger charge is 2.16. The van der Waals surface area contributed by atoms with E-state index < -0.39 is 16.6 Å². The molecule has 2 heterocycles. The van der Waals surface area contributed by atoms with Gasteiger partial charge >= 0.3 is 5.82 Å². The number of anilines is 1. The molecule has 0 unspecified atom stereocenters. The summed E-state index contributed by atoms with van der Waals surface area (Å²) < 4.78 is 19.8. The van der Waals surface area contributed by atoms with Gasteiger partial charge in [0, 0.05) is 10.9 Å². The van der Waals surface area contributed by atoms with E-state index in [4.69, 9.17) is 4.74 Å². The van der Waals surface area contributed by atoms with Gasteiger partial charge in [0.1, 0.15) is 18.1 Å². The number of nitro groups is 1. The Morgan fingerprint density at radius 1 is 1.46 bits per heavy atom. The Morgan fingerprint density at radius 2 is 2.27 bits per heavy atom. The van der Waals surface area contributed by atoms with Crippen LogP contribution in [0.5, 0.6) is 5.75 Å². The smallest absolute Gasteiger partial charge is 0.389 e. The lowest BCUT2D eigenvalue weighted by molar-refractivity contribution is -0.389. The highest BCUT2D eigenvalue weighted by Crippen LogP contribution is 2.32. The van der Waals surface area contributed by atoms with Crippen molar-refractivity contribution >= 4 is 28.2 Å². The predicted molar refractivity (Wildman–Crippen MR) is 91.6 cm³/mol. The topological polar surface area (TPSA) is 112 Å². The minimum atomic E-state index is -0.645. The first-order valence-corrected chi connectivity index (χ1v) is 8.11. The molecule has 0 atom stereocenters. The minimum Gasteiger partial charge on any atom is -0.496 e. The van der Waals surface area contributed by atoms with Crippen molar-refractivity contribution in [3.8, 4) is 17.0 Å². The molecule has 2 aromatic heterocycles. The molecule has 26 heavy (non-hydrogen) atoms. The van der Waals surface area contributed by atoms with Crippen LogP contribution in [0.4, 0.5) is 15.3 Å². The van der Waals surface area contributed by atoms with Gasteiger partial charge in [-0.15, -0.1) is 11.3 Å². The molecule has 0 aliphatic carbocycles. The standard InChI is InChI=1S/C15H12FN5O4S/c1-25-12-3-2-9(16)6-10(12)11-8-26-15(17-11)18-14(22)7-20-5-4-13(19-20)21(23)24/h2-6,8H,7H2,1H3,(H,17,18,22). The molecular weight excluding hydrogens is 365 g/mol. The molecule has 0 aliphatic rings. The molecular formula is C15H12FN5O4S. The fraction of sp³-hybridized carbons (Fsp3) is 0.133. The Bertz CT molecular complexity index is 971. The van der Waals surface area contributed by atoms with E-state index in [-0.39, 0.29) is 12.4 Å². The van der Waals surface area contributed by atoms with Crippen LogP contribution in [-0.2, 0) is 11.3 Å².